The molecule has 0 radical (unpaired) electrons. The summed E-state index contributed by atoms with van der Waals surface area (Å²) >= 11 is 0. The summed E-state index contributed by atoms with van der Waals surface area (Å²) in [6.07, 6.45) is 4.10. The Morgan fingerprint density at radius 3 is 2.62 bits per heavy atom. The first kappa shape index (κ1) is 23.6. The molecule has 1 aromatic heterocycles. The van der Waals surface area contributed by atoms with Gasteiger partial charge in [-0.1, -0.05) is 12.1 Å². The zero-order valence-electron chi connectivity index (χ0n) is 16.4. The topological polar surface area (TPSA) is 113 Å². The number of nitrogens with two attached hydrogens (primary N) is 1. The summed E-state index contributed by atoms with van der Waals surface area (Å²) in [5.41, 5.74) is 0.802. The predicted octanol–water partition coefficient (Wildman–Crippen LogP) is 2.05. The summed E-state index contributed by atoms with van der Waals surface area (Å²) in [6, 6.07) is 10.6. The number of nitrogens with one attached hydrogen (secondary N) is 2. The van der Waals surface area contributed by atoms with Crippen LogP contribution in [0.2, 0.25) is 0 Å². The summed E-state index contributed by atoms with van der Waals surface area (Å²) in [5.74, 6) is 1.57. The van der Waals surface area contributed by atoms with Gasteiger partial charge >= 0.3 is 0 Å². The van der Waals surface area contributed by atoms with Crippen LogP contribution >= 0.6 is 24.0 Å². The monoisotopic (exact) mass is 533 g/mol. The summed E-state index contributed by atoms with van der Waals surface area (Å²) in [7, 11) is -2.01. The first-order chi connectivity index (χ1) is 13.5. The molecule has 3 rings (SSSR count). The van der Waals surface area contributed by atoms with E-state index in [0.717, 1.165) is 24.4 Å². The van der Waals surface area contributed by atoms with Crippen LogP contribution in [0.4, 0.5) is 0 Å². The number of sulfonamides is 1. The van der Waals surface area contributed by atoms with E-state index in [-0.39, 0.29) is 34.9 Å². The standard InChI is InChI=1S/C19H27N5O3S.HI/c1-21-19(22-13-15-6-4-7-16(12-15)28(20,25)26)23-14-17(18-8-5-11-27-18)24-9-2-3-10-24;/h4-8,11-12,17H,2-3,9-10,13-14H2,1H3,(H2,20,25,26)(H2,21,22,23);1H. The fourth-order valence-electron chi connectivity index (χ4n) is 3.38. The molecule has 160 valence electrons. The van der Waals surface area contributed by atoms with E-state index in [1.54, 1.807) is 25.4 Å². The van der Waals surface area contributed by atoms with Gasteiger partial charge in [-0.25, -0.2) is 13.6 Å². The van der Waals surface area contributed by atoms with Crippen LogP contribution in [0, 0.1) is 0 Å². The number of hydrogen-bond donors (Lipinski definition) is 3. The number of halogens is 1. The highest BCUT2D eigenvalue weighted by Crippen LogP contribution is 2.24. The lowest BCUT2D eigenvalue weighted by Gasteiger charge is -2.26. The van der Waals surface area contributed by atoms with Gasteiger partial charge < -0.3 is 15.1 Å². The van der Waals surface area contributed by atoms with Gasteiger partial charge in [0.1, 0.15) is 5.76 Å². The van der Waals surface area contributed by atoms with Gasteiger partial charge in [0.2, 0.25) is 10.0 Å². The Morgan fingerprint density at radius 1 is 1.24 bits per heavy atom. The molecule has 1 aliphatic rings. The molecule has 29 heavy (non-hydrogen) atoms. The molecule has 0 amide bonds. The molecule has 1 atom stereocenters. The lowest BCUT2D eigenvalue weighted by molar-refractivity contribution is 0.215. The SMILES string of the molecule is CN=C(NCc1cccc(S(N)(=O)=O)c1)NCC(c1ccco1)N1CCCC1.I. The van der Waals surface area contributed by atoms with Gasteiger partial charge in [-0.15, -0.1) is 24.0 Å². The maximum absolute atomic E-state index is 11.5. The van der Waals surface area contributed by atoms with E-state index in [1.807, 2.05) is 18.2 Å². The van der Waals surface area contributed by atoms with Crippen molar-refractivity contribution in [1.29, 1.82) is 0 Å². The van der Waals surface area contributed by atoms with Crippen LogP contribution in [-0.2, 0) is 16.6 Å². The van der Waals surface area contributed by atoms with Gasteiger partial charge in [-0.05, 0) is 55.8 Å². The third-order valence-electron chi connectivity index (χ3n) is 4.83. The Balaban J connectivity index is 0.00000300. The van der Waals surface area contributed by atoms with Crippen LogP contribution in [0.25, 0.3) is 0 Å². The second kappa shape index (κ2) is 11.0. The minimum Gasteiger partial charge on any atom is -0.468 e. The number of primary sulfonamides is 1. The van der Waals surface area contributed by atoms with E-state index in [4.69, 9.17) is 9.56 Å². The van der Waals surface area contributed by atoms with Gasteiger partial charge in [0.15, 0.2) is 5.96 Å². The molecule has 4 N–H and O–H groups in total. The maximum atomic E-state index is 11.5. The normalized spacial score (nSPS) is 16.3. The zero-order valence-corrected chi connectivity index (χ0v) is 19.5. The number of furan rings is 1. The molecule has 1 aliphatic heterocycles. The van der Waals surface area contributed by atoms with Crippen LogP contribution < -0.4 is 15.8 Å². The van der Waals surface area contributed by atoms with Crippen LogP contribution in [-0.4, -0.2) is 46.0 Å². The molecule has 2 heterocycles. The number of likely N-dealkylation sites (tertiary alicyclic amines) is 1. The van der Waals surface area contributed by atoms with E-state index in [1.165, 1.54) is 18.9 Å². The molecule has 1 aromatic carbocycles. The fourth-order valence-corrected chi connectivity index (χ4v) is 3.96. The van der Waals surface area contributed by atoms with Crippen LogP contribution in [0.3, 0.4) is 0 Å². The van der Waals surface area contributed by atoms with E-state index >= 15 is 0 Å². The number of benzene rings is 1. The highest BCUT2D eigenvalue weighted by Gasteiger charge is 2.25. The van der Waals surface area contributed by atoms with Gasteiger partial charge in [0.25, 0.3) is 0 Å². The highest BCUT2D eigenvalue weighted by molar-refractivity contribution is 14.0. The van der Waals surface area contributed by atoms with E-state index < -0.39 is 10.0 Å². The van der Waals surface area contributed by atoms with Crippen molar-refractivity contribution >= 4 is 40.0 Å². The average Bonchev–Trinajstić information content (AvgIpc) is 3.38. The van der Waals surface area contributed by atoms with Crippen molar-refractivity contribution in [2.45, 2.75) is 30.3 Å². The first-order valence-electron chi connectivity index (χ1n) is 9.31. The van der Waals surface area contributed by atoms with Gasteiger partial charge in [0, 0.05) is 20.1 Å². The Bertz CT molecular complexity index is 896. The molecule has 0 bridgehead atoms. The summed E-state index contributed by atoms with van der Waals surface area (Å²) in [6.45, 7) is 3.20. The van der Waals surface area contributed by atoms with Gasteiger partial charge in [-0.2, -0.15) is 0 Å². The highest BCUT2D eigenvalue weighted by atomic mass is 127. The molecule has 1 unspecified atom stereocenters. The van der Waals surface area contributed by atoms with Crippen LogP contribution in [0.1, 0.15) is 30.2 Å². The Morgan fingerprint density at radius 2 is 2.00 bits per heavy atom. The molecular formula is C19H28IN5O3S. The van der Waals surface area contributed by atoms with Crippen molar-refractivity contribution in [2.24, 2.45) is 10.1 Å². The van der Waals surface area contributed by atoms with Crippen molar-refractivity contribution in [1.82, 2.24) is 15.5 Å². The van der Waals surface area contributed by atoms with E-state index in [0.29, 0.717) is 19.0 Å². The molecular weight excluding hydrogens is 505 g/mol. The van der Waals surface area contributed by atoms with Gasteiger partial charge in [-0.3, -0.25) is 9.89 Å². The molecule has 1 saturated heterocycles. The second-order valence-electron chi connectivity index (χ2n) is 6.77. The largest absolute Gasteiger partial charge is 0.468 e. The van der Waals surface area contributed by atoms with Crippen molar-refractivity contribution in [3.63, 3.8) is 0 Å². The lowest BCUT2D eigenvalue weighted by atomic mass is 10.2. The summed E-state index contributed by atoms with van der Waals surface area (Å²) in [5, 5.41) is 11.8. The van der Waals surface area contributed by atoms with Crippen molar-refractivity contribution in [3.8, 4) is 0 Å². The summed E-state index contributed by atoms with van der Waals surface area (Å²) < 4.78 is 28.6. The molecule has 0 aliphatic carbocycles. The Labute approximate surface area is 189 Å². The number of hydrogen-bond acceptors (Lipinski definition) is 5. The third kappa shape index (κ3) is 6.69. The minimum atomic E-state index is -3.72. The zero-order chi connectivity index (χ0) is 20.0. The average molecular weight is 533 g/mol. The van der Waals surface area contributed by atoms with Crippen molar-refractivity contribution in [3.05, 3.63) is 54.0 Å². The second-order valence-corrected chi connectivity index (χ2v) is 8.33. The lowest BCUT2D eigenvalue weighted by Crippen LogP contribution is -2.42. The Kier molecular flexibility index (Phi) is 8.93. The molecule has 2 aromatic rings. The van der Waals surface area contributed by atoms with Crippen LogP contribution in [0.15, 0.2) is 57.0 Å². The molecule has 10 heteroatoms. The van der Waals surface area contributed by atoms with Gasteiger partial charge in [0.05, 0.1) is 17.2 Å². The van der Waals surface area contributed by atoms with Crippen molar-refractivity contribution in [2.75, 3.05) is 26.7 Å². The predicted molar refractivity (Wildman–Crippen MR) is 124 cm³/mol. The number of aliphatic imine (C=N–C) groups is 1. The molecule has 0 saturated carbocycles. The quantitative estimate of drug-likeness (QED) is 0.285. The first-order valence-corrected chi connectivity index (χ1v) is 10.9. The van der Waals surface area contributed by atoms with Crippen molar-refractivity contribution < 1.29 is 12.8 Å². The smallest absolute Gasteiger partial charge is 0.238 e. The van der Waals surface area contributed by atoms with E-state index in [2.05, 4.69) is 20.5 Å². The molecule has 8 nitrogen and oxygen atoms in total. The third-order valence-corrected chi connectivity index (χ3v) is 5.74. The van der Waals surface area contributed by atoms with Crippen LogP contribution in [0.5, 0.6) is 0 Å². The maximum Gasteiger partial charge on any atom is 0.238 e. The summed E-state index contributed by atoms with van der Waals surface area (Å²) in [4.78, 5) is 6.77. The number of rotatable bonds is 7. The Hall–Kier alpha value is -1.63. The van der Waals surface area contributed by atoms with E-state index in [9.17, 15) is 8.42 Å². The molecule has 0 spiro atoms. The fraction of sp³-hybridized carbons (Fsp3) is 0.421. The number of nitrogens with zero attached hydrogens (tertiary/aromatic N) is 2. The molecule has 1 fully saturated rings. The number of guanidine groups is 1. The minimum absolute atomic E-state index is 0.